The zero-order valence-electron chi connectivity index (χ0n) is 17.0. The van der Waals surface area contributed by atoms with Crippen molar-refractivity contribution in [3.8, 4) is 5.69 Å². The molecular formula is C24H27N5. The Morgan fingerprint density at radius 1 is 1.03 bits per heavy atom. The van der Waals surface area contributed by atoms with Gasteiger partial charge in [0, 0.05) is 37.4 Å². The van der Waals surface area contributed by atoms with Crippen molar-refractivity contribution < 1.29 is 0 Å². The molecule has 2 aromatic heterocycles. The maximum absolute atomic E-state index is 4.44. The number of nitrogens with zero attached hydrogens (tertiary/aromatic N) is 3. The monoisotopic (exact) mass is 385 g/mol. The number of aromatic amines is 1. The Hall–Kier alpha value is -3.15. The summed E-state index contributed by atoms with van der Waals surface area (Å²) in [4.78, 5) is 2.18. The highest BCUT2D eigenvalue weighted by molar-refractivity contribution is 5.89. The third-order valence-electron chi connectivity index (χ3n) is 4.95. The predicted molar refractivity (Wildman–Crippen MR) is 121 cm³/mol. The Kier molecular flexibility index (Phi) is 5.89. The third kappa shape index (κ3) is 4.65. The zero-order valence-corrected chi connectivity index (χ0v) is 17.0. The van der Waals surface area contributed by atoms with E-state index < -0.39 is 0 Å². The highest BCUT2D eigenvalue weighted by atomic mass is 15.1. The van der Waals surface area contributed by atoms with Crippen molar-refractivity contribution in [1.82, 2.24) is 25.0 Å². The van der Waals surface area contributed by atoms with Gasteiger partial charge >= 0.3 is 0 Å². The molecular weight excluding hydrogens is 358 g/mol. The minimum atomic E-state index is 0.873. The number of hydrogen-bond donors (Lipinski definition) is 2. The standard InChI is InChI=1S/C24H27N5/c1-28(2)16-14-25-17-19-13-15-29(18-19)24-10-6-3-7-20(24)11-12-23-21-8-4-5-9-22(21)26-27-23/h3-13,15,18,25H,14,16-17H2,1-2H3,(H,26,27). The highest BCUT2D eigenvalue weighted by Crippen LogP contribution is 2.21. The molecule has 0 saturated carbocycles. The van der Waals surface area contributed by atoms with E-state index in [0.29, 0.717) is 0 Å². The van der Waals surface area contributed by atoms with Crippen molar-refractivity contribution in [3.63, 3.8) is 0 Å². The van der Waals surface area contributed by atoms with Crippen LogP contribution in [0.4, 0.5) is 0 Å². The molecule has 0 atom stereocenters. The normalized spacial score (nSPS) is 11.8. The molecule has 4 aromatic rings. The quantitative estimate of drug-likeness (QED) is 0.448. The van der Waals surface area contributed by atoms with Gasteiger partial charge < -0.3 is 14.8 Å². The van der Waals surface area contributed by atoms with Crippen LogP contribution in [0.2, 0.25) is 0 Å². The second-order valence-electron chi connectivity index (χ2n) is 7.45. The molecule has 0 amide bonds. The van der Waals surface area contributed by atoms with Crippen molar-refractivity contribution in [2.75, 3.05) is 27.2 Å². The Balaban J connectivity index is 1.51. The van der Waals surface area contributed by atoms with E-state index in [4.69, 9.17) is 0 Å². The van der Waals surface area contributed by atoms with Crippen LogP contribution in [0.15, 0.2) is 67.0 Å². The fourth-order valence-electron chi connectivity index (χ4n) is 3.37. The Morgan fingerprint density at radius 2 is 1.86 bits per heavy atom. The molecule has 0 saturated heterocycles. The van der Waals surface area contributed by atoms with Gasteiger partial charge in [-0.05, 0) is 49.5 Å². The van der Waals surface area contributed by atoms with E-state index in [9.17, 15) is 0 Å². The van der Waals surface area contributed by atoms with Gasteiger partial charge in [0.1, 0.15) is 0 Å². The fourth-order valence-corrected chi connectivity index (χ4v) is 3.37. The average Bonchev–Trinajstić information content (AvgIpc) is 3.37. The summed E-state index contributed by atoms with van der Waals surface area (Å²) in [6.45, 7) is 2.89. The summed E-state index contributed by atoms with van der Waals surface area (Å²) in [5.41, 5.74) is 5.59. The van der Waals surface area contributed by atoms with E-state index in [-0.39, 0.29) is 0 Å². The van der Waals surface area contributed by atoms with Gasteiger partial charge in [0.05, 0.1) is 16.9 Å². The Bertz CT molecular complexity index is 1100. The van der Waals surface area contributed by atoms with Crippen LogP contribution < -0.4 is 5.32 Å². The van der Waals surface area contributed by atoms with Gasteiger partial charge in [-0.25, -0.2) is 0 Å². The molecule has 0 aliphatic carbocycles. The summed E-state index contributed by atoms with van der Waals surface area (Å²) in [5.74, 6) is 0. The van der Waals surface area contributed by atoms with Gasteiger partial charge in [-0.15, -0.1) is 0 Å². The lowest BCUT2D eigenvalue weighted by atomic mass is 10.1. The third-order valence-corrected chi connectivity index (χ3v) is 4.95. The van der Waals surface area contributed by atoms with Crippen molar-refractivity contribution in [1.29, 1.82) is 0 Å². The van der Waals surface area contributed by atoms with Gasteiger partial charge in [-0.2, -0.15) is 5.10 Å². The summed E-state index contributed by atoms with van der Waals surface area (Å²) in [6, 6.07) is 18.8. The molecule has 5 heteroatoms. The smallest absolute Gasteiger partial charge is 0.0927 e. The lowest BCUT2D eigenvalue weighted by Gasteiger charge is -2.10. The number of aromatic nitrogens is 3. The second-order valence-corrected chi connectivity index (χ2v) is 7.45. The van der Waals surface area contributed by atoms with Crippen LogP contribution in [-0.4, -0.2) is 46.8 Å². The van der Waals surface area contributed by atoms with Crippen molar-refractivity contribution in [2.24, 2.45) is 0 Å². The summed E-state index contributed by atoms with van der Waals surface area (Å²) in [7, 11) is 4.18. The molecule has 0 aliphatic heterocycles. The largest absolute Gasteiger partial charge is 0.323 e. The van der Waals surface area contributed by atoms with E-state index in [2.05, 4.69) is 100 Å². The number of hydrogen-bond acceptors (Lipinski definition) is 3. The van der Waals surface area contributed by atoms with Crippen molar-refractivity contribution >= 4 is 23.1 Å². The maximum Gasteiger partial charge on any atom is 0.0927 e. The molecule has 0 bridgehead atoms. The first-order chi connectivity index (χ1) is 14.2. The summed E-state index contributed by atoms with van der Waals surface area (Å²) < 4.78 is 2.19. The molecule has 29 heavy (non-hydrogen) atoms. The zero-order chi connectivity index (χ0) is 20.1. The Morgan fingerprint density at radius 3 is 2.76 bits per heavy atom. The van der Waals surface area contributed by atoms with Crippen LogP contribution in [0.1, 0.15) is 16.8 Å². The molecule has 148 valence electrons. The minimum absolute atomic E-state index is 0.873. The lowest BCUT2D eigenvalue weighted by molar-refractivity contribution is 0.400. The van der Waals surface area contributed by atoms with E-state index in [0.717, 1.165) is 47.5 Å². The molecule has 0 aliphatic rings. The molecule has 2 N–H and O–H groups in total. The molecule has 4 rings (SSSR count). The number of H-pyrrole nitrogens is 1. The number of rotatable bonds is 8. The van der Waals surface area contributed by atoms with Crippen LogP contribution >= 0.6 is 0 Å². The predicted octanol–water partition coefficient (Wildman–Crippen LogP) is 4.18. The van der Waals surface area contributed by atoms with Crippen LogP contribution in [-0.2, 0) is 6.54 Å². The first-order valence-electron chi connectivity index (χ1n) is 9.93. The summed E-state index contributed by atoms with van der Waals surface area (Å²) in [5, 5.41) is 12.2. The highest BCUT2D eigenvalue weighted by Gasteiger charge is 2.05. The van der Waals surface area contributed by atoms with Crippen molar-refractivity contribution in [2.45, 2.75) is 6.54 Å². The summed E-state index contributed by atoms with van der Waals surface area (Å²) >= 11 is 0. The molecule has 0 radical (unpaired) electrons. The minimum Gasteiger partial charge on any atom is -0.323 e. The van der Waals surface area contributed by atoms with Gasteiger partial charge in [-0.1, -0.05) is 42.5 Å². The SMILES string of the molecule is CN(C)CCNCc1ccn(-c2ccccc2C=Cc2n[nH]c3ccccc23)c1. The van der Waals surface area contributed by atoms with E-state index >= 15 is 0 Å². The van der Waals surface area contributed by atoms with Gasteiger partial charge in [0.15, 0.2) is 0 Å². The second kappa shape index (κ2) is 8.90. The molecule has 0 fully saturated rings. The van der Waals surface area contributed by atoms with Gasteiger partial charge in [0.2, 0.25) is 0 Å². The molecule has 2 aromatic carbocycles. The van der Waals surface area contributed by atoms with Crippen LogP contribution in [0.25, 0.3) is 28.7 Å². The van der Waals surface area contributed by atoms with Crippen LogP contribution in [0.5, 0.6) is 0 Å². The first-order valence-corrected chi connectivity index (χ1v) is 9.93. The van der Waals surface area contributed by atoms with E-state index in [1.165, 1.54) is 5.56 Å². The number of benzene rings is 2. The number of fused-ring (bicyclic) bond motifs is 1. The lowest BCUT2D eigenvalue weighted by Crippen LogP contribution is -2.26. The number of likely N-dealkylation sites (N-methyl/N-ethyl adjacent to an activating group) is 1. The number of nitrogens with one attached hydrogen (secondary N) is 2. The van der Waals surface area contributed by atoms with E-state index in [1.54, 1.807) is 0 Å². The summed E-state index contributed by atoms with van der Waals surface area (Å²) in [6.07, 6.45) is 8.52. The molecule has 0 spiro atoms. The average molecular weight is 386 g/mol. The van der Waals surface area contributed by atoms with Crippen LogP contribution in [0, 0.1) is 0 Å². The molecule has 2 heterocycles. The van der Waals surface area contributed by atoms with E-state index in [1.807, 2.05) is 18.2 Å². The van der Waals surface area contributed by atoms with Crippen molar-refractivity contribution in [3.05, 3.63) is 83.8 Å². The first kappa shape index (κ1) is 19.2. The molecule has 0 unspecified atom stereocenters. The number of para-hydroxylation sites is 2. The topological polar surface area (TPSA) is 48.9 Å². The van der Waals surface area contributed by atoms with Gasteiger partial charge in [-0.3, -0.25) is 5.10 Å². The fraction of sp³-hybridized carbons (Fsp3) is 0.208. The molecule has 5 nitrogen and oxygen atoms in total. The maximum atomic E-state index is 4.44. The van der Waals surface area contributed by atoms with Gasteiger partial charge in [0.25, 0.3) is 0 Å². The van der Waals surface area contributed by atoms with Crippen LogP contribution in [0.3, 0.4) is 0 Å². The Labute approximate surface area is 171 Å².